The van der Waals surface area contributed by atoms with Gasteiger partial charge >= 0.3 is 5.97 Å². The number of esters is 1. The SMILES string of the molecule is CCOc1cc(C(CC(=O)OC)N2C(=O)c3cccc(O)c3C2=O)ccc1OC. The van der Waals surface area contributed by atoms with E-state index >= 15 is 0 Å². The molecule has 0 bridgehead atoms. The number of carbonyl (C=O) groups is 3. The lowest BCUT2D eigenvalue weighted by Crippen LogP contribution is -2.35. The van der Waals surface area contributed by atoms with Crippen molar-refractivity contribution in [1.29, 1.82) is 0 Å². The third kappa shape index (κ3) is 3.61. The molecule has 1 atom stereocenters. The fraction of sp³-hybridized carbons (Fsp3) is 0.286. The van der Waals surface area contributed by atoms with E-state index in [2.05, 4.69) is 0 Å². The second-order valence-electron chi connectivity index (χ2n) is 6.32. The summed E-state index contributed by atoms with van der Waals surface area (Å²) in [5.41, 5.74) is 0.503. The van der Waals surface area contributed by atoms with E-state index in [1.54, 1.807) is 18.2 Å². The molecule has 0 saturated heterocycles. The highest BCUT2D eigenvalue weighted by Crippen LogP contribution is 2.39. The largest absolute Gasteiger partial charge is 0.507 e. The van der Waals surface area contributed by atoms with Crippen molar-refractivity contribution >= 4 is 17.8 Å². The van der Waals surface area contributed by atoms with Gasteiger partial charge in [0.05, 0.1) is 44.4 Å². The Balaban J connectivity index is 2.09. The van der Waals surface area contributed by atoms with Crippen molar-refractivity contribution in [2.24, 2.45) is 0 Å². The average Bonchev–Trinajstić information content (AvgIpc) is 2.97. The quantitative estimate of drug-likeness (QED) is 0.564. The summed E-state index contributed by atoms with van der Waals surface area (Å²) in [6, 6.07) is 8.25. The highest BCUT2D eigenvalue weighted by Gasteiger charge is 2.43. The van der Waals surface area contributed by atoms with E-state index in [0.29, 0.717) is 23.7 Å². The Bertz CT molecular complexity index is 969. The van der Waals surface area contributed by atoms with Crippen LogP contribution in [0.5, 0.6) is 17.2 Å². The van der Waals surface area contributed by atoms with Gasteiger partial charge in [-0.2, -0.15) is 0 Å². The topological polar surface area (TPSA) is 102 Å². The number of fused-ring (bicyclic) bond motifs is 1. The summed E-state index contributed by atoms with van der Waals surface area (Å²) in [7, 11) is 2.73. The van der Waals surface area contributed by atoms with Gasteiger partial charge in [-0.1, -0.05) is 12.1 Å². The maximum Gasteiger partial charge on any atom is 0.307 e. The molecule has 3 rings (SSSR count). The van der Waals surface area contributed by atoms with Crippen LogP contribution in [0.1, 0.15) is 45.7 Å². The Hall–Kier alpha value is -3.55. The molecule has 2 aromatic carbocycles. The standard InChI is InChI=1S/C21H21NO7/c1-4-29-17-10-12(8-9-16(17)27-2)14(11-18(24)28-3)22-20(25)13-6-5-7-15(23)19(13)21(22)26/h5-10,14,23H,4,11H2,1-3H3. The molecule has 0 saturated carbocycles. The molecular formula is C21H21NO7. The first-order chi connectivity index (χ1) is 13.9. The second kappa shape index (κ2) is 8.22. The number of amides is 2. The zero-order valence-electron chi connectivity index (χ0n) is 16.3. The summed E-state index contributed by atoms with van der Waals surface area (Å²) in [5.74, 6) is -1.25. The summed E-state index contributed by atoms with van der Waals surface area (Å²) in [6.07, 6.45) is -0.249. The van der Waals surface area contributed by atoms with Crippen molar-refractivity contribution in [3.8, 4) is 17.2 Å². The van der Waals surface area contributed by atoms with Crippen LogP contribution >= 0.6 is 0 Å². The Labute approximate surface area is 167 Å². The zero-order chi connectivity index (χ0) is 21.1. The summed E-state index contributed by atoms with van der Waals surface area (Å²) >= 11 is 0. The second-order valence-corrected chi connectivity index (χ2v) is 6.32. The summed E-state index contributed by atoms with van der Waals surface area (Å²) in [6.45, 7) is 2.19. The van der Waals surface area contributed by atoms with Crippen molar-refractivity contribution in [3.05, 3.63) is 53.1 Å². The van der Waals surface area contributed by atoms with Crippen LogP contribution in [0, 0.1) is 0 Å². The first-order valence-corrected chi connectivity index (χ1v) is 9.00. The number of ether oxygens (including phenoxy) is 3. The van der Waals surface area contributed by atoms with Crippen molar-refractivity contribution in [2.45, 2.75) is 19.4 Å². The van der Waals surface area contributed by atoms with Gasteiger partial charge in [-0.3, -0.25) is 19.3 Å². The third-order valence-electron chi connectivity index (χ3n) is 4.70. The van der Waals surface area contributed by atoms with Crippen LogP contribution in [-0.4, -0.2) is 48.6 Å². The fourth-order valence-corrected chi connectivity index (χ4v) is 3.34. The normalized spacial score (nSPS) is 13.8. The number of hydrogen-bond acceptors (Lipinski definition) is 7. The van der Waals surface area contributed by atoms with Gasteiger partial charge in [0.25, 0.3) is 11.8 Å². The van der Waals surface area contributed by atoms with Crippen LogP contribution in [0.2, 0.25) is 0 Å². The molecule has 29 heavy (non-hydrogen) atoms. The molecule has 1 aliphatic heterocycles. The summed E-state index contributed by atoms with van der Waals surface area (Å²) < 4.78 is 15.6. The van der Waals surface area contributed by atoms with Crippen LogP contribution in [0.3, 0.4) is 0 Å². The first-order valence-electron chi connectivity index (χ1n) is 9.00. The zero-order valence-corrected chi connectivity index (χ0v) is 16.3. The minimum Gasteiger partial charge on any atom is -0.507 e. The van der Waals surface area contributed by atoms with Gasteiger partial charge in [0, 0.05) is 0 Å². The minimum atomic E-state index is -0.945. The van der Waals surface area contributed by atoms with Crippen molar-refractivity contribution in [1.82, 2.24) is 4.90 Å². The number of hydrogen-bond donors (Lipinski definition) is 1. The predicted octanol–water partition coefficient (Wildman–Crippen LogP) is 2.70. The van der Waals surface area contributed by atoms with Gasteiger partial charge in [-0.15, -0.1) is 0 Å². The molecule has 0 aliphatic carbocycles. The van der Waals surface area contributed by atoms with Crippen LogP contribution in [-0.2, 0) is 9.53 Å². The lowest BCUT2D eigenvalue weighted by molar-refractivity contribution is -0.141. The number of nitrogens with zero attached hydrogens (tertiary/aromatic N) is 1. The van der Waals surface area contributed by atoms with E-state index in [0.717, 1.165) is 4.90 Å². The predicted molar refractivity (Wildman–Crippen MR) is 102 cm³/mol. The Morgan fingerprint density at radius 1 is 1.10 bits per heavy atom. The average molecular weight is 399 g/mol. The van der Waals surface area contributed by atoms with Crippen LogP contribution in [0.4, 0.5) is 0 Å². The highest BCUT2D eigenvalue weighted by atomic mass is 16.5. The van der Waals surface area contributed by atoms with Crippen molar-refractivity contribution in [3.63, 3.8) is 0 Å². The van der Waals surface area contributed by atoms with Crippen LogP contribution in [0.15, 0.2) is 36.4 Å². The van der Waals surface area contributed by atoms with E-state index in [4.69, 9.17) is 14.2 Å². The lowest BCUT2D eigenvalue weighted by Gasteiger charge is -2.26. The van der Waals surface area contributed by atoms with Gasteiger partial charge in [0.15, 0.2) is 11.5 Å². The first kappa shape index (κ1) is 20.2. The maximum absolute atomic E-state index is 13.0. The number of carbonyl (C=O) groups excluding carboxylic acids is 3. The van der Waals surface area contributed by atoms with E-state index in [9.17, 15) is 19.5 Å². The van der Waals surface area contributed by atoms with E-state index in [1.807, 2.05) is 6.92 Å². The number of imide groups is 1. The van der Waals surface area contributed by atoms with Gasteiger partial charge in [0.1, 0.15) is 5.75 Å². The summed E-state index contributed by atoms with van der Waals surface area (Å²) in [5, 5.41) is 10.1. The number of rotatable bonds is 7. The molecule has 0 fully saturated rings. The van der Waals surface area contributed by atoms with Gasteiger partial charge in [-0.25, -0.2) is 0 Å². The molecule has 2 amide bonds. The lowest BCUT2D eigenvalue weighted by atomic mass is 10.0. The van der Waals surface area contributed by atoms with Crippen molar-refractivity contribution < 1.29 is 33.7 Å². The minimum absolute atomic E-state index is 0.0779. The molecule has 1 N–H and O–H groups in total. The fourth-order valence-electron chi connectivity index (χ4n) is 3.34. The maximum atomic E-state index is 13.0. The molecular weight excluding hydrogens is 378 g/mol. The molecule has 0 aromatic heterocycles. The number of aromatic hydroxyl groups is 1. The number of phenolic OH excluding ortho intramolecular Hbond substituents is 1. The van der Waals surface area contributed by atoms with Crippen LogP contribution in [0.25, 0.3) is 0 Å². The number of benzene rings is 2. The Morgan fingerprint density at radius 3 is 2.48 bits per heavy atom. The van der Waals surface area contributed by atoms with E-state index in [1.165, 1.54) is 32.4 Å². The van der Waals surface area contributed by atoms with Crippen molar-refractivity contribution in [2.75, 3.05) is 20.8 Å². The Kier molecular flexibility index (Phi) is 5.72. The number of phenols is 1. The van der Waals surface area contributed by atoms with Crippen LogP contribution < -0.4 is 9.47 Å². The highest BCUT2D eigenvalue weighted by molar-refractivity contribution is 6.22. The van der Waals surface area contributed by atoms with Gasteiger partial charge in [-0.05, 0) is 36.8 Å². The third-order valence-corrected chi connectivity index (χ3v) is 4.70. The van der Waals surface area contributed by atoms with Gasteiger partial charge in [0.2, 0.25) is 0 Å². The van der Waals surface area contributed by atoms with E-state index < -0.39 is 23.8 Å². The molecule has 152 valence electrons. The molecule has 8 heteroatoms. The molecule has 8 nitrogen and oxygen atoms in total. The Morgan fingerprint density at radius 2 is 1.86 bits per heavy atom. The molecule has 1 unspecified atom stereocenters. The van der Waals surface area contributed by atoms with E-state index in [-0.39, 0.29) is 23.3 Å². The number of methoxy groups -OCH3 is 2. The smallest absolute Gasteiger partial charge is 0.307 e. The molecule has 1 aliphatic rings. The molecule has 0 spiro atoms. The van der Waals surface area contributed by atoms with Gasteiger partial charge < -0.3 is 19.3 Å². The molecule has 2 aromatic rings. The monoisotopic (exact) mass is 399 g/mol. The molecule has 1 heterocycles. The molecule has 0 radical (unpaired) electrons. The summed E-state index contributed by atoms with van der Waals surface area (Å²) in [4.78, 5) is 39.0.